The lowest BCUT2D eigenvalue weighted by Crippen LogP contribution is -2.18. The number of hydrogen-bond donors (Lipinski definition) is 3. The number of primary amides is 1. The molecule has 0 bridgehead atoms. The Balaban J connectivity index is 2.11. The molecule has 1 heterocycles. The molecule has 0 unspecified atom stereocenters. The minimum absolute atomic E-state index is 0.0556. The van der Waals surface area contributed by atoms with Gasteiger partial charge in [0, 0.05) is 22.5 Å². The van der Waals surface area contributed by atoms with E-state index in [9.17, 15) is 9.59 Å². The molecule has 2 aromatic rings. The Kier molecular flexibility index (Phi) is 3.90. The number of carbonyl (C=O) groups is 2. The Hall–Kier alpha value is -2.54. The van der Waals surface area contributed by atoms with E-state index in [2.05, 4.69) is 10.4 Å². The van der Waals surface area contributed by atoms with E-state index in [1.807, 2.05) is 0 Å². The molecule has 0 aliphatic heterocycles. The zero-order chi connectivity index (χ0) is 14.7. The maximum absolute atomic E-state index is 12.0. The van der Waals surface area contributed by atoms with Crippen molar-refractivity contribution in [3.63, 3.8) is 0 Å². The molecule has 0 radical (unpaired) electrons. The average molecular weight is 294 g/mol. The van der Waals surface area contributed by atoms with Crippen LogP contribution in [-0.4, -0.2) is 21.6 Å². The van der Waals surface area contributed by atoms with Crippen LogP contribution in [0.1, 0.15) is 10.4 Å². The first kappa shape index (κ1) is 13.9. The van der Waals surface area contributed by atoms with Gasteiger partial charge in [0.2, 0.25) is 5.91 Å². The van der Waals surface area contributed by atoms with Crippen LogP contribution >= 0.6 is 11.6 Å². The second-order valence-corrected chi connectivity index (χ2v) is 4.56. The van der Waals surface area contributed by atoms with Gasteiger partial charge in [-0.1, -0.05) is 11.6 Å². The van der Waals surface area contributed by atoms with Crippen molar-refractivity contribution in [3.8, 4) is 0 Å². The fraction of sp³-hybridized carbons (Fsp3) is 0.0833. The van der Waals surface area contributed by atoms with Gasteiger partial charge in [-0.15, -0.1) is 0 Å². The first-order valence-electron chi connectivity index (χ1n) is 5.62. The summed E-state index contributed by atoms with van der Waals surface area (Å²) in [5.41, 5.74) is 11.8. The number of nitrogens with two attached hydrogens (primary N) is 2. The molecule has 2 amide bonds. The number of nitrogens with one attached hydrogen (secondary N) is 1. The van der Waals surface area contributed by atoms with Crippen LogP contribution in [0.25, 0.3) is 0 Å². The number of amides is 2. The Morgan fingerprint density at radius 1 is 1.35 bits per heavy atom. The van der Waals surface area contributed by atoms with Crippen molar-refractivity contribution in [2.45, 2.75) is 6.54 Å². The smallest absolute Gasteiger partial charge is 0.255 e. The number of anilines is 2. The molecule has 1 aromatic carbocycles. The van der Waals surface area contributed by atoms with E-state index in [1.54, 1.807) is 6.07 Å². The Morgan fingerprint density at radius 3 is 2.75 bits per heavy atom. The lowest BCUT2D eigenvalue weighted by atomic mass is 10.2. The molecule has 8 heteroatoms. The molecule has 0 saturated carbocycles. The highest BCUT2D eigenvalue weighted by Crippen LogP contribution is 2.17. The third-order valence-corrected chi connectivity index (χ3v) is 2.61. The molecule has 0 aliphatic rings. The number of nitrogens with zero attached hydrogens (tertiary/aromatic N) is 2. The minimum atomic E-state index is -0.520. The summed E-state index contributed by atoms with van der Waals surface area (Å²) in [7, 11) is 0. The lowest BCUT2D eigenvalue weighted by molar-refractivity contribution is -0.118. The van der Waals surface area contributed by atoms with Crippen molar-refractivity contribution < 1.29 is 9.59 Å². The van der Waals surface area contributed by atoms with Gasteiger partial charge in [0.25, 0.3) is 5.91 Å². The number of hydrogen-bond acceptors (Lipinski definition) is 4. The van der Waals surface area contributed by atoms with Crippen LogP contribution in [0.5, 0.6) is 0 Å². The number of halogens is 1. The standard InChI is InChI=1S/C12H12ClN5O2/c13-8-1-7(2-9(14)3-8)12(20)17-10-4-16-18(5-10)6-11(15)19/h1-5H,6,14H2,(H2,15,19)(H,17,20). The molecule has 0 spiro atoms. The first-order valence-corrected chi connectivity index (χ1v) is 6.00. The fourth-order valence-corrected chi connectivity index (χ4v) is 1.86. The van der Waals surface area contributed by atoms with Gasteiger partial charge in [0.05, 0.1) is 11.9 Å². The monoisotopic (exact) mass is 293 g/mol. The number of nitrogen functional groups attached to an aromatic ring is 1. The van der Waals surface area contributed by atoms with Gasteiger partial charge in [-0.25, -0.2) is 0 Å². The second kappa shape index (κ2) is 5.62. The molecule has 0 saturated heterocycles. The molecule has 2 rings (SSSR count). The highest BCUT2D eigenvalue weighted by molar-refractivity contribution is 6.31. The highest BCUT2D eigenvalue weighted by atomic mass is 35.5. The molecule has 104 valence electrons. The van der Waals surface area contributed by atoms with E-state index in [4.69, 9.17) is 23.1 Å². The van der Waals surface area contributed by atoms with E-state index in [-0.39, 0.29) is 12.5 Å². The van der Waals surface area contributed by atoms with Crippen LogP contribution in [0.3, 0.4) is 0 Å². The van der Waals surface area contributed by atoms with Crippen LogP contribution in [-0.2, 0) is 11.3 Å². The second-order valence-electron chi connectivity index (χ2n) is 4.12. The van der Waals surface area contributed by atoms with Crippen LogP contribution in [0, 0.1) is 0 Å². The summed E-state index contributed by atoms with van der Waals surface area (Å²) < 4.78 is 1.32. The molecule has 5 N–H and O–H groups in total. The predicted octanol–water partition coefficient (Wildman–Crippen LogP) is 0.856. The SMILES string of the molecule is NC(=O)Cn1cc(NC(=O)c2cc(N)cc(Cl)c2)cn1. The minimum Gasteiger partial charge on any atom is -0.399 e. The fourth-order valence-electron chi connectivity index (χ4n) is 1.62. The van der Waals surface area contributed by atoms with E-state index in [0.29, 0.717) is 22.0 Å². The van der Waals surface area contributed by atoms with Crippen molar-refractivity contribution in [2.75, 3.05) is 11.1 Å². The Bertz CT molecular complexity index is 647. The lowest BCUT2D eigenvalue weighted by Gasteiger charge is -2.04. The van der Waals surface area contributed by atoms with E-state index >= 15 is 0 Å². The maximum Gasteiger partial charge on any atom is 0.255 e. The number of rotatable bonds is 4. The number of benzene rings is 1. The predicted molar refractivity (Wildman–Crippen MR) is 75.2 cm³/mol. The molecule has 0 fully saturated rings. The van der Waals surface area contributed by atoms with Crippen molar-refractivity contribution in [2.24, 2.45) is 5.73 Å². The first-order chi connectivity index (χ1) is 9.44. The number of aromatic nitrogens is 2. The quantitative estimate of drug-likeness (QED) is 0.725. The van der Waals surface area contributed by atoms with Crippen LogP contribution in [0.15, 0.2) is 30.6 Å². The van der Waals surface area contributed by atoms with E-state index in [1.165, 1.54) is 29.2 Å². The maximum atomic E-state index is 12.0. The van der Waals surface area contributed by atoms with Crippen LogP contribution in [0.2, 0.25) is 5.02 Å². The highest BCUT2D eigenvalue weighted by Gasteiger charge is 2.09. The molecule has 0 atom stereocenters. The third-order valence-electron chi connectivity index (χ3n) is 2.39. The van der Waals surface area contributed by atoms with Crippen molar-refractivity contribution >= 4 is 34.8 Å². The molecular formula is C12H12ClN5O2. The molecule has 0 aliphatic carbocycles. The van der Waals surface area contributed by atoms with Crippen molar-refractivity contribution in [3.05, 3.63) is 41.2 Å². The zero-order valence-corrected chi connectivity index (χ0v) is 11.1. The van der Waals surface area contributed by atoms with Crippen molar-refractivity contribution in [1.82, 2.24) is 9.78 Å². The van der Waals surface area contributed by atoms with Gasteiger partial charge in [-0.2, -0.15) is 5.10 Å². The Morgan fingerprint density at radius 2 is 2.10 bits per heavy atom. The topological polar surface area (TPSA) is 116 Å². The Labute approximate surface area is 119 Å². The van der Waals surface area contributed by atoms with Gasteiger partial charge in [-0.3, -0.25) is 14.3 Å². The van der Waals surface area contributed by atoms with E-state index < -0.39 is 5.91 Å². The summed E-state index contributed by atoms with van der Waals surface area (Å²) in [6, 6.07) is 4.55. The molecular weight excluding hydrogens is 282 g/mol. The summed E-state index contributed by atoms with van der Waals surface area (Å²) in [4.78, 5) is 22.7. The normalized spacial score (nSPS) is 10.2. The summed E-state index contributed by atoms with van der Waals surface area (Å²) in [6.07, 6.45) is 2.91. The summed E-state index contributed by atoms with van der Waals surface area (Å²) in [5, 5.41) is 6.88. The largest absolute Gasteiger partial charge is 0.399 e. The van der Waals surface area contributed by atoms with Gasteiger partial charge in [-0.05, 0) is 18.2 Å². The molecule has 7 nitrogen and oxygen atoms in total. The average Bonchev–Trinajstić information content (AvgIpc) is 2.74. The van der Waals surface area contributed by atoms with E-state index in [0.717, 1.165) is 0 Å². The summed E-state index contributed by atoms with van der Waals surface area (Å²) in [5.74, 6) is -0.897. The molecule has 1 aromatic heterocycles. The van der Waals surface area contributed by atoms with Gasteiger partial charge >= 0.3 is 0 Å². The van der Waals surface area contributed by atoms with Crippen LogP contribution in [0.4, 0.5) is 11.4 Å². The number of carbonyl (C=O) groups excluding carboxylic acids is 2. The third kappa shape index (κ3) is 3.48. The zero-order valence-electron chi connectivity index (χ0n) is 10.3. The van der Waals surface area contributed by atoms with Crippen LogP contribution < -0.4 is 16.8 Å². The molecule has 20 heavy (non-hydrogen) atoms. The van der Waals surface area contributed by atoms with Gasteiger partial charge < -0.3 is 16.8 Å². The van der Waals surface area contributed by atoms with Gasteiger partial charge in [0.1, 0.15) is 6.54 Å². The van der Waals surface area contributed by atoms with Crippen molar-refractivity contribution in [1.29, 1.82) is 0 Å². The summed E-state index contributed by atoms with van der Waals surface area (Å²) >= 11 is 5.83. The van der Waals surface area contributed by atoms with Gasteiger partial charge in [0.15, 0.2) is 0 Å². The summed E-state index contributed by atoms with van der Waals surface area (Å²) in [6.45, 7) is -0.0556.